The molecule has 15 heteroatoms. The van der Waals surface area contributed by atoms with Crippen LogP contribution in [0.15, 0.2) is 171 Å². The number of ether oxygens (including phenoxy) is 1. The van der Waals surface area contributed by atoms with Crippen LogP contribution < -0.4 is 10.5 Å². The van der Waals surface area contributed by atoms with Gasteiger partial charge in [0.05, 0.1) is 63.1 Å². The van der Waals surface area contributed by atoms with Crippen molar-refractivity contribution in [2.45, 2.75) is 11.2 Å². The van der Waals surface area contributed by atoms with Crippen molar-refractivity contribution < 1.29 is 14.9 Å². The second-order valence-electron chi connectivity index (χ2n) is 16.2. The van der Waals surface area contributed by atoms with E-state index in [9.17, 15) is 10.2 Å². The van der Waals surface area contributed by atoms with Gasteiger partial charge in [-0.05, 0) is 81.9 Å². The SMILES string of the molecule is Cn1cncc1C(O)(c1ccc(Cl)cc1)c1ccc2nc(Cl)c(-c3ccccc3)c(Cl)c2c1.Cn1cncc1C(O)(c1ccc(Cl)cc1)c1ccc2nc(OCCN)c(-c3ccccc3)c(Cl)c2c1. The lowest BCUT2D eigenvalue weighted by molar-refractivity contribution is 0.117. The third-order valence-corrected chi connectivity index (χ3v) is 13.5. The Morgan fingerprint density at radius 2 is 0.957 bits per heavy atom. The number of halogens is 5. The summed E-state index contributed by atoms with van der Waals surface area (Å²) in [6, 6.07) is 44.6. The first-order chi connectivity index (χ1) is 33.3. The molecule has 0 radical (unpaired) electrons. The van der Waals surface area contributed by atoms with Crippen LogP contribution in [0.4, 0.5) is 0 Å². The molecule has 0 saturated carbocycles. The summed E-state index contributed by atoms with van der Waals surface area (Å²) < 4.78 is 9.47. The Kier molecular flexibility index (Phi) is 13.8. The monoisotopic (exact) mass is 1010 g/mol. The van der Waals surface area contributed by atoms with Crippen LogP contribution in [0.1, 0.15) is 33.6 Å². The molecule has 2 unspecified atom stereocenters. The molecule has 4 aromatic heterocycles. The van der Waals surface area contributed by atoms with Crippen LogP contribution in [-0.4, -0.2) is 52.4 Å². The molecule has 2 atom stereocenters. The number of aliphatic hydroxyl groups is 2. The van der Waals surface area contributed by atoms with Crippen molar-refractivity contribution >= 4 is 79.8 Å². The van der Waals surface area contributed by atoms with Gasteiger partial charge in [-0.3, -0.25) is 0 Å². The summed E-state index contributed by atoms with van der Waals surface area (Å²) >= 11 is 32.7. The van der Waals surface area contributed by atoms with Crippen molar-refractivity contribution in [3.8, 4) is 28.1 Å². The van der Waals surface area contributed by atoms with Crippen LogP contribution in [0.3, 0.4) is 0 Å². The summed E-state index contributed by atoms with van der Waals surface area (Å²) in [6.45, 7) is 0.660. The molecule has 10 nitrogen and oxygen atoms in total. The van der Waals surface area contributed by atoms with E-state index in [4.69, 9.17) is 73.5 Å². The highest BCUT2D eigenvalue weighted by Gasteiger charge is 2.38. The van der Waals surface area contributed by atoms with E-state index in [2.05, 4.69) is 15.0 Å². The van der Waals surface area contributed by atoms with Crippen molar-refractivity contribution in [2.24, 2.45) is 19.8 Å². The molecule has 346 valence electrons. The second kappa shape index (κ2) is 20.0. The normalized spacial score (nSPS) is 13.1. The minimum Gasteiger partial charge on any atom is -0.476 e. The van der Waals surface area contributed by atoms with Gasteiger partial charge in [-0.15, -0.1) is 0 Å². The van der Waals surface area contributed by atoms with Crippen LogP contribution in [-0.2, 0) is 25.3 Å². The number of hydrogen-bond donors (Lipinski definition) is 3. The predicted molar refractivity (Wildman–Crippen MR) is 277 cm³/mol. The molecule has 0 amide bonds. The minimum absolute atomic E-state index is 0.309. The van der Waals surface area contributed by atoms with Gasteiger partial charge in [0.25, 0.3) is 0 Å². The van der Waals surface area contributed by atoms with Gasteiger partial charge in [0, 0.05) is 47.0 Å². The van der Waals surface area contributed by atoms with Crippen molar-refractivity contribution in [3.63, 3.8) is 0 Å². The van der Waals surface area contributed by atoms with Crippen molar-refractivity contribution in [2.75, 3.05) is 13.2 Å². The summed E-state index contributed by atoms with van der Waals surface area (Å²) in [7, 11) is 3.68. The number of imidazole rings is 2. The summed E-state index contributed by atoms with van der Waals surface area (Å²) in [4.78, 5) is 17.8. The van der Waals surface area contributed by atoms with Crippen molar-refractivity contribution in [1.82, 2.24) is 29.1 Å². The number of aryl methyl sites for hydroxylation is 2. The van der Waals surface area contributed by atoms with E-state index in [1.807, 2.05) is 111 Å². The Bertz CT molecular complexity index is 3450. The third kappa shape index (κ3) is 9.07. The second-order valence-corrected chi connectivity index (χ2v) is 18.2. The fourth-order valence-electron chi connectivity index (χ4n) is 8.53. The highest BCUT2D eigenvalue weighted by atomic mass is 35.5. The molecule has 0 saturated heterocycles. The van der Waals surface area contributed by atoms with Crippen LogP contribution in [0.5, 0.6) is 5.88 Å². The van der Waals surface area contributed by atoms with E-state index < -0.39 is 11.2 Å². The van der Waals surface area contributed by atoms with E-state index in [1.54, 1.807) is 82.7 Å². The highest BCUT2D eigenvalue weighted by Crippen LogP contribution is 2.45. The molecular weight excluding hydrogens is 972 g/mol. The van der Waals surface area contributed by atoms with Gasteiger partial charge < -0.3 is 29.8 Å². The van der Waals surface area contributed by atoms with E-state index in [1.165, 1.54) is 0 Å². The molecule has 10 rings (SSSR count). The Balaban J connectivity index is 0.000000172. The van der Waals surface area contributed by atoms with Gasteiger partial charge in [-0.25, -0.2) is 19.9 Å². The first-order valence-electron chi connectivity index (χ1n) is 21.6. The molecule has 69 heavy (non-hydrogen) atoms. The van der Waals surface area contributed by atoms with Crippen LogP contribution in [0, 0.1) is 0 Å². The standard InChI is InChI=1S/C28H24Cl2N4O2.C26H18Cl3N3O/c1-34-17-32-16-24(34)28(35,19-7-10-21(29)11-8-19)20-9-12-23-22(15-20)26(30)25(18-5-3-2-4-6-18)27(33-23)36-14-13-31;1-32-15-30-14-22(32)26(33,17-7-10-19(27)11-8-17)18-9-12-21-20(13-18)24(28)23(25(29)31-21)16-5-3-2-4-6-16/h2-12,15-17,35H,13-14,31H2,1H3;2-15,33H,1H3. The highest BCUT2D eigenvalue weighted by molar-refractivity contribution is 6.42. The number of aromatic nitrogens is 6. The lowest BCUT2D eigenvalue weighted by Crippen LogP contribution is -2.31. The fraction of sp³-hybridized carbons (Fsp3) is 0.111. The predicted octanol–water partition coefficient (Wildman–Crippen LogP) is 12.4. The molecule has 0 fully saturated rings. The zero-order valence-corrected chi connectivity index (χ0v) is 40.8. The zero-order chi connectivity index (χ0) is 48.5. The van der Waals surface area contributed by atoms with E-state index >= 15 is 0 Å². The Morgan fingerprint density at radius 3 is 1.39 bits per heavy atom. The largest absolute Gasteiger partial charge is 0.476 e. The molecule has 0 spiro atoms. The number of nitrogens with zero attached hydrogens (tertiary/aromatic N) is 6. The number of pyridine rings is 2. The molecule has 0 aliphatic heterocycles. The zero-order valence-electron chi connectivity index (χ0n) is 37.0. The summed E-state index contributed by atoms with van der Waals surface area (Å²) in [5.74, 6) is 0.413. The summed E-state index contributed by atoms with van der Waals surface area (Å²) in [5.41, 5.74) is 10.7. The molecule has 0 aliphatic carbocycles. The molecule has 10 aromatic rings. The van der Waals surface area contributed by atoms with Gasteiger partial charge in [-0.2, -0.15) is 0 Å². The number of benzene rings is 6. The first kappa shape index (κ1) is 47.7. The Labute approximate surface area is 423 Å². The minimum atomic E-state index is -1.52. The van der Waals surface area contributed by atoms with Crippen LogP contribution in [0.2, 0.25) is 25.2 Å². The summed E-state index contributed by atoms with van der Waals surface area (Å²) in [6.07, 6.45) is 6.60. The molecular formula is C54H42Cl5N7O3. The maximum atomic E-state index is 12.3. The maximum absolute atomic E-state index is 12.3. The molecule has 4 heterocycles. The van der Waals surface area contributed by atoms with Gasteiger partial charge in [0.2, 0.25) is 5.88 Å². The van der Waals surface area contributed by atoms with Gasteiger partial charge in [0.1, 0.15) is 11.8 Å². The molecule has 4 N–H and O–H groups in total. The smallest absolute Gasteiger partial charge is 0.223 e. The van der Waals surface area contributed by atoms with Gasteiger partial charge in [0.15, 0.2) is 11.2 Å². The fourth-order valence-corrected chi connectivity index (χ4v) is 9.82. The lowest BCUT2D eigenvalue weighted by atomic mass is 9.83. The maximum Gasteiger partial charge on any atom is 0.223 e. The van der Waals surface area contributed by atoms with E-state index in [-0.39, 0.29) is 0 Å². The van der Waals surface area contributed by atoms with Gasteiger partial charge >= 0.3 is 0 Å². The topological polar surface area (TPSA) is 137 Å². The Hall–Kier alpha value is -6.31. The number of fused-ring (bicyclic) bond motifs is 2. The molecule has 0 bridgehead atoms. The average Bonchev–Trinajstić information content (AvgIpc) is 4.02. The van der Waals surface area contributed by atoms with Crippen LogP contribution >= 0.6 is 58.0 Å². The average molecular weight is 1010 g/mol. The van der Waals surface area contributed by atoms with Crippen molar-refractivity contribution in [3.05, 3.63) is 230 Å². The van der Waals surface area contributed by atoms with Crippen LogP contribution in [0.25, 0.3) is 44.1 Å². The van der Waals surface area contributed by atoms with E-state index in [0.717, 1.165) is 11.1 Å². The van der Waals surface area contributed by atoms with E-state index in [0.29, 0.717) is 111 Å². The van der Waals surface area contributed by atoms with Gasteiger partial charge in [-0.1, -0.05) is 155 Å². The number of nitrogens with two attached hydrogens (primary N) is 1. The first-order valence-corrected chi connectivity index (χ1v) is 23.5. The Morgan fingerprint density at radius 1 is 0.536 bits per heavy atom. The lowest BCUT2D eigenvalue weighted by Gasteiger charge is -2.30. The van der Waals surface area contributed by atoms with Crippen molar-refractivity contribution in [1.29, 1.82) is 0 Å². The summed E-state index contributed by atoms with van der Waals surface area (Å²) in [5, 5.41) is 28.3. The number of rotatable bonds is 11. The quantitative estimate of drug-likeness (QED) is 0.109. The number of hydrogen-bond acceptors (Lipinski definition) is 8. The molecule has 0 aliphatic rings. The molecule has 6 aromatic carbocycles. The third-order valence-electron chi connectivity index (χ3n) is 12.0.